The fourth-order valence-electron chi connectivity index (χ4n) is 2.33. The molecule has 0 spiro atoms. The van der Waals surface area contributed by atoms with Crippen molar-refractivity contribution in [1.82, 2.24) is 15.5 Å². The third-order valence-electron chi connectivity index (χ3n) is 3.49. The lowest BCUT2D eigenvalue weighted by Gasteiger charge is -2.26. The molecule has 1 saturated heterocycles. The molecule has 108 valence electrons. The summed E-state index contributed by atoms with van der Waals surface area (Å²) in [6, 6.07) is 3.76. The van der Waals surface area contributed by atoms with Crippen LogP contribution in [0.4, 0.5) is 13.2 Å². The molecular weight excluding hydrogens is 291 g/mol. The van der Waals surface area contributed by atoms with E-state index in [1.807, 2.05) is 17.5 Å². The topological polar surface area (TPSA) is 51.0 Å². The molecule has 3 heterocycles. The summed E-state index contributed by atoms with van der Waals surface area (Å²) in [6.07, 6.45) is -4.08. The zero-order valence-electron chi connectivity index (χ0n) is 10.4. The first kappa shape index (κ1) is 13.6. The molecule has 0 amide bonds. The number of hydrogen-bond donors (Lipinski definition) is 1. The molecule has 1 aliphatic rings. The van der Waals surface area contributed by atoms with E-state index in [1.165, 1.54) is 11.3 Å². The van der Waals surface area contributed by atoms with Crippen LogP contribution in [-0.4, -0.2) is 29.4 Å². The van der Waals surface area contributed by atoms with Gasteiger partial charge in [0.05, 0.1) is 0 Å². The van der Waals surface area contributed by atoms with Gasteiger partial charge >= 0.3 is 6.18 Å². The van der Waals surface area contributed by atoms with Gasteiger partial charge in [0.25, 0.3) is 0 Å². The van der Waals surface area contributed by atoms with Crippen LogP contribution in [0.3, 0.4) is 0 Å². The predicted molar refractivity (Wildman–Crippen MR) is 66.6 cm³/mol. The van der Waals surface area contributed by atoms with Crippen molar-refractivity contribution in [1.29, 1.82) is 0 Å². The highest BCUT2D eigenvalue weighted by Gasteiger charge is 2.61. The molecule has 3 rings (SSSR count). The van der Waals surface area contributed by atoms with E-state index in [4.69, 9.17) is 4.52 Å². The average molecular weight is 303 g/mol. The second kappa shape index (κ2) is 4.85. The summed E-state index contributed by atoms with van der Waals surface area (Å²) in [5.74, 6) is -0.0421. The van der Waals surface area contributed by atoms with Gasteiger partial charge in [-0.05, 0) is 24.4 Å². The van der Waals surface area contributed by atoms with Gasteiger partial charge in [-0.25, -0.2) is 0 Å². The van der Waals surface area contributed by atoms with Gasteiger partial charge < -0.3 is 9.84 Å². The summed E-state index contributed by atoms with van der Waals surface area (Å²) in [5, 5.41) is 8.31. The second-order valence-corrected chi connectivity index (χ2v) is 5.81. The molecule has 20 heavy (non-hydrogen) atoms. The lowest BCUT2D eigenvalue weighted by Crippen LogP contribution is -2.44. The number of alkyl halides is 3. The molecule has 0 saturated carbocycles. The maximum absolute atomic E-state index is 13.3. The van der Waals surface area contributed by atoms with Gasteiger partial charge in [0.15, 0.2) is 11.2 Å². The van der Waals surface area contributed by atoms with Crippen LogP contribution in [0, 0.1) is 0 Å². The van der Waals surface area contributed by atoms with Gasteiger partial charge in [-0.1, -0.05) is 11.2 Å². The zero-order valence-corrected chi connectivity index (χ0v) is 11.2. The Morgan fingerprint density at radius 3 is 2.90 bits per heavy atom. The van der Waals surface area contributed by atoms with Crippen molar-refractivity contribution in [3.05, 3.63) is 34.1 Å². The summed E-state index contributed by atoms with van der Waals surface area (Å²) in [7, 11) is 0. The normalized spacial score (nSPS) is 23.4. The van der Waals surface area contributed by atoms with Crippen molar-refractivity contribution in [2.24, 2.45) is 0 Å². The quantitative estimate of drug-likeness (QED) is 0.946. The number of hydrogen-bond acceptors (Lipinski definition) is 5. The van der Waals surface area contributed by atoms with E-state index in [2.05, 4.69) is 15.5 Å². The van der Waals surface area contributed by atoms with E-state index >= 15 is 0 Å². The number of nitrogens with one attached hydrogen (secondary N) is 1. The van der Waals surface area contributed by atoms with Crippen LogP contribution in [0.1, 0.15) is 23.0 Å². The highest BCUT2D eigenvalue weighted by Crippen LogP contribution is 2.44. The first-order valence-electron chi connectivity index (χ1n) is 6.14. The molecule has 1 aliphatic heterocycles. The van der Waals surface area contributed by atoms with Gasteiger partial charge in [-0.3, -0.25) is 0 Å². The first-order chi connectivity index (χ1) is 9.51. The molecule has 2 aromatic rings. The van der Waals surface area contributed by atoms with Gasteiger partial charge in [-0.2, -0.15) is 18.2 Å². The molecule has 1 fully saturated rings. The number of rotatable bonds is 3. The van der Waals surface area contributed by atoms with Crippen molar-refractivity contribution in [3.8, 4) is 0 Å². The maximum Gasteiger partial charge on any atom is 0.404 e. The van der Waals surface area contributed by atoms with Crippen LogP contribution in [0.15, 0.2) is 22.0 Å². The number of nitrogens with zero attached hydrogens (tertiary/aromatic N) is 2. The summed E-state index contributed by atoms with van der Waals surface area (Å²) < 4.78 is 44.9. The minimum atomic E-state index is -4.40. The lowest BCUT2D eigenvalue weighted by atomic mass is 9.86. The lowest BCUT2D eigenvalue weighted by molar-refractivity contribution is -0.191. The SMILES string of the molecule is FC(F)(F)C1(c2nc(Cc3cccs3)no2)CCNC1. The molecule has 8 heteroatoms. The number of halogens is 3. The average Bonchev–Trinajstić information content (AvgIpc) is 3.08. The van der Waals surface area contributed by atoms with Crippen molar-refractivity contribution in [3.63, 3.8) is 0 Å². The third-order valence-corrected chi connectivity index (χ3v) is 4.36. The van der Waals surface area contributed by atoms with E-state index in [0.717, 1.165) is 4.88 Å². The van der Waals surface area contributed by atoms with Crippen molar-refractivity contribution < 1.29 is 17.7 Å². The highest BCUT2D eigenvalue weighted by atomic mass is 32.1. The third kappa shape index (κ3) is 2.22. The van der Waals surface area contributed by atoms with E-state index in [-0.39, 0.29) is 24.7 Å². The Morgan fingerprint density at radius 2 is 2.30 bits per heavy atom. The standard InChI is InChI=1S/C12H12F3N3OS/c13-12(14,15)11(3-4-16-7-11)10-17-9(18-19-10)6-8-2-1-5-20-8/h1-2,5,16H,3-4,6-7H2. The molecule has 1 N–H and O–H groups in total. The minimum Gasteiger partial charge on any atom is -0.338 e. The summed E-state index contributed by atoms with van der Waals surface area (Å²) >= 11 is 1.51. The van der Waals surface area contributed by atoms with Gasteiger partial charge in [0, 0.05) is 17.8 Å². The van der Waals surface area contributed by atoms with Gasteiger partial charge in [0.1, 0.15) is 0 Å². The van der Waals surface area contributed by atoms with Crippen LogP contribution < -0.4 is 5.32 Å². The van der Waals surface area contributed by atoms with Crippen molar-refractivity contribution in [2.45, 2.75) is 24.4 Å². The first-order valence-corrected chi connectivity index (χ1v) is 7.02. The molecule has 0 radical (unpaired) electrons. The predicted octanol–water partition coefficient (Wildman–Crippen LogP) is 2.52. The smallest absolute Gasteiger partial charge is 0.338 e. The largest absolute Gasteiger partial charge is 0.404 e. The Balaban J connectivity index is 1.88. The van der Waals surface area contributed by atoms with E-state index in [1.54, 1.807) is 0 Å². The maximum atomic E-state index is 13.3. The zero-order chi connectivity index (χ0) is 14.2. The number of thiophene rings is 1. The summed E-state index contributed by atoms with van der Waals surface area (Å²) in [5.41, 5.74) is -2.05. The fourth-order valence-corrected chi connectivity index (χ4v) is 3.03. The summed E-state index contributed by atoms with van der Waals surface area (Å²) in [4.78, 5) is 4.96. The van der Waals surface area contributed by atoms with Crippen LogP contribution in [-0.2, 0) is 11.8 Å². The Morgan fingerprint density at radius 1 is 1.45 bits per heavy atom. The molecule has 1 unspecified atom stereocenters. The number of aromatic nitrogens is 2. The Bertz CT molecular complexity index is 573. The Kier molecular flexibility index (Phi) is 3.29. The van der Waals surface area contributed by atoms with Crippen LogP contribution in [0.2, 0.25) is 0 Å². The van der Waals surface area contributed by atoms with E-state index in [9.17, 15) is 13.2 Å². The van der Waals surface area contributed by atoms with Crippen LogP contribution >= 0.6 is 11.3 Å². The monoisotopic (exact) mass is 303 g/mol. The molecule has 4 nitrogen and oxygen atoms in total. The molecular formula is C12H12F3N3OS. The van der Waals surface area contributed by atoms with Crippen molar-refractivity contribution in [2.75, 3.05) is 13.1 Å². The Labute approximate surface area is 117 Å². The summed E-state index contributed by atoms with van der Waals surface area (Å²) in [6.45, 7) is 0.0826. The van der Waals surface area contributed by atoms with Crippen LogP contribution in [0.25, 0.3) is 0 Å². The van der Waals surface area contributed by atoms with E-state index in [0.29, 0.717) is 13.0 Å². The van der Waals surface area contributed by atoms with Crippen molar-refractivity contribution >= 4 is 11.3 Å². The van der Waals surface area contributed by atoms with Gasteiger partial charge in [0.2, 0.25) is 5.89 Å². The van der Waals surface area contributed by atoms with Gasteiger partial charge in [-0.15, -0.1) is 11.3 Å². The Hall–Kier alpha value is -1.41. The second-order valence-electron chi connectivity index (χ2n) is 4.78. The van der Waals surface area contributed by atoms with E-state index < -0.39 is 11.6 Å². The molecule has 0 bridgehead atoms. The fraction of sp³-hybridized carbons (Fsp3) is 0.500. The highest BCUT2D eigenvalue weighted by molar-refractivity contribution is 7.09. The molecule has 1 atom stereocenters. The molecule has 0 aliphatic carbocycles. The van der Waals surface area contributed by atoms with Crippen LogP contribution in [0.5, 0.6) is 0 Å². The molecule has 0 aromatic carbocycles. The molecule has 2 aromatic heterocycles. The minimum absolute atomic E-state index is 0.0723.